The summed E-state index contributed by atoms with van der Waals surface area (Å²) in [7, 11) is 0.500. The summed E-state index contributed by atoms with van der Waals surface area (Å²) >= 11 is -1.86. The standard InChI is InChI=1S/C40H46F4N4O.C12H24FN.2C2H6.CH3F.CH4O2S/c1-6-8-28(17-24-18-29(41)20-30(42)19-24)38-47-37-35(31(26-9-10-26)21-32(46-37)27-13-15-40(43,44)16-14-27)39(49)48(38)33-12-11-25(7-2)34(23(33)5)36(45)22(3)4;1-4-5-10(2)7-14-8-11(3)6-12(13)9-14;3*1-2;1-4(2)3/h11-12,18-22,26-28,45H,6-10,13-17H2,1-5H3;10-12H,4-9H2,1-3H3;2*1-2H3;1H3;1H3,(H,2,3)/p-1/t;10?,11-,12?;;;;/m.1..../s1. The van der Waals surface area contributed by atoms with Crippen molar-refractivity contribution in [2.45, 2.75) is 196 Å². The molecule has 7 rings (SSSR count). The molecule has 0 bridgehead atoms. The Morgan fingerprint density at radius 1 is 0.890 bits per heavy atom. The highest BCUT2D eigenvalue weighted by Crippen LogP contribution is 2.46. The second kappa shape index (κ2) is 31.8. The van der Waals surface area contributed by atoms with E-state index in [4.69, 9.17) is 24.1 Å². The number of likely N-dealkylation sites (tertiary alicyclic amines) is 1. The average Bonchev–Trinajstić information content (AvgIpc) is 4.18. The molecule has 0 radical (unpaired) electrons. The van der Waals surface area contributed by atoms with Crippen LogP contribution in [0, 0.1) is 41.7 Å². The summed E-state index contributed by atoms with van der Waals surface area (Å²) < 4.78 is 99.5. The van der Waals surface area contributed by atoms with Gasteiger partial charge in [-0.1, -0.05) is 106 Å². The van der Waals surface area contributed by atoms with Gasteiger partial charge >= 0.3 is 0 Å². The van der Waals surface area contributed by atoms with Gasteiger partial charge in [-0.15, -0.1) is 0 Å². The lowest BCUT2D eigenvalue weighted by Gasteiger charge is -2.34. The second-order valence-electron chi connectivity index (χ2n) is 19.9. The molecule has 1 N–H and O–H groups in total. The summed E-state index contributed by atoms with van der Waals surface area (Å²) in [4.78, 5) is 27.5. The highest BCUT2D eigenvalue weighted by Gasteiger charge is 2.38. The van der Waals surface area contributed by atoms with Crippen LogP contribution in [-0.4, -0.2) is 79.1 Å². The Bertz CT molecular complexity index is 2370. The Kier molecular flexibility index (Phi) is 28.4. The quantitative estimate of drug-likeness (QED) is 0.0720. The van der Waals surface area contributed by atoms with Gasteiger partial charge in [0.05, 0.1) is 18.3 Å². The minimum atomic E-state index is -2.68. The van der Waals surface area contributed by atoms with E-state index in [-0.39, 0.29) is 42.6 Å². The van der Waals surface area contributed by atoms with Gasteiger partial charge < -0.3 is 9.96 Å². The van der Waals surface area contributed by atoms with Gasteiger partial charge in [0, 0.05) is 67.3 Å². The van der Waals surface area contributed by atoms with Crippen molar-refractivity contribution in [3.63, 3.8) is 0 Å². The van der Waals surface area contributed by atoms with Crippen molar-refractivity contribution in [3.05, 3.63) is 97.7 Å². The molecule has 3 heterocycles. The van der Waals surface area contributed by atoms with Gasteiger partial charge in [-0.3, -0.25) is 22.9 Å². The molecule has 2 aromatic heterocycles. The van der Waals surface area contributed by atoms with E-state index in [9.17, 15) is 26.3 Å². The molecule has 1 saturated heterocycles. The molecule has 2 saturated carbocycles. The van der Waals surface area contributed by atoms with E-state index in [0.29, 0.717) is 78.4 Å². The molecule has 3 fully saturated rings. The largest absolute Gasteiger partial charge is 0.773 e. The van der Waals surface area contributed by atoms with Crippen LogP contribution in [0.5, 0.6) is 0 Å². The molecule has 5 atom stereocenters. The lowest BCUT2D eigenvalue weighted by molar-refractivity contribution is -0.0384. The maximum atomic E-state index is 15.1. The molecule has 15 heteroatoms. The number of hydrogen-bond acceptors (Lipinski definition) is 7. The average molecular weight is 1050 g/mol. The van der Waals surface area contributed by atoms with E-state index in [2.05, 4.69) is 32.6 Å². The molecule has 4 unspecified atom stereocenters. The first kappa shape index (κ1) is 65.2. The second-order valence-corrected chi connectivity index (χ2v) is 20.7. The molecule has 3 aliphatic rings. The molecule has 2 aromatic carbocycles. The Hall–Kier alpha value is -3.95. The van der Waals surface area contributed by atoms with E-state index < -0.39 is 40.7 Å². The zero-order chi connectivity index (χ0) is 55.3. The van der Waals surface area contributed by atoms with E-state index in [0.717, 1.165) is 85.7 Å². The van der Waals surface area contributed by atoms with Crippen LogP contribution in [0.3, 0.4) is 0 Å². The van der Waals surface area contributed by atoms with Crippen molar-refractivity contribution in [2.24, 2.45) is 17.8 Å². The Morgan fingerprint density at radius 2 is 1.47 bits per heavy atom. The summed E-state index contributed by atoms with van der Waals surface area (Å²) in [5.74, 6) is -2.74. The molecule has 8 nitrogen and oxygen atoms in total. The molecular weight excluding hydrogens is 961 g/mol. The zero-order valence-corrected chi connectivity index (χ0v) is 47.3. The molecule has 1 aliphatic heterocycles. The van der Waals surface area contributed by atoms with E-state index >= 15 is 4.79 Å². The van der Waals surface area contributed by atoms with Crippen LogP contribution in [-0.2, 0) is 23.9 Å². The molecule has 412 valence electrons. The van der Waals surface area contributed by atoms with Crippen LogP contribution in [0.15, 0.2) is 41.2 Å². The minimum Gasteiger partial charge on any atom is -0.773 e. The number of aryl methyl sites for hydroxylation is 1. The number of alkyl halides is 4. The summed E-state index contributed by atoms with van der Waals surface area (Å²) in [6.45, 7) is 27.5. The van der Waals surface area contributed by atoms with Gasteiger partial charge in [0.1, 0.15) is 23.6 Å². The normalized spacial score (nSPS) is 18.7. The van der Waals surface area contributed by atoms with Crippen molar-refractivity contribution in [2.75, 3.05) is 33.1 Å². The molecule has 4 aromatic rings. The number of nitrogens with zero attached hydrogens (tertiary/aromatic N) is 4. The van der Waals surface area contributed by atoms with Gasteiger partial charge in [-0.25, -0.2) is 31.9 Å². The van der Waals surface area contributed by atoms with Crippen LogP contribution in [0.25, 0.3) is 16.7 Å². The van der Waals surface area contributed by atoms with Crippen molar-refractivity contribution in [3.8, 4) is 5.69 Å². The summed E-state index contributed by atoms with van der Waals surface area (Å²) in [5.41, 5.74) is 5.82. The van der Waals surface area contributed by atoms with Crippen LogP contribution < -0.4 is 5.56 Å². The zero-order valence-electron chi connectivity index (χ0n) is 46.5. The first-order valence-electron chi connectivity index (χ1n) is 26.9. The van der Waals surface area contributed by atoms with Crippen molar-refractivity contribution in [1.29, 1.82) is 5.41 Å². The predicted molar refractivity (Wildman–Crippen MR) is 291 cm³/mol. The maximum absolute atomic E-state index is 15.1. The van der Waals surface area contributed by atoms with Gasteiger partial charge in [0.2, 0.25) is 5.92 Å². The third-order valence-electron chi connectivity index (χ3n) is 13.5. The highest BCUT2D eigenvalue weighted by atomic mass is 32.2. The Morgan fingerprint density at radius 3 is 1.97 bits per heavy atom. The van der Waals surface area contributed by atoms with Gasteiger partial charge in [-0.05, 0) is 141 Å². The van der Waals surface area contributed by atoms with Crippen molar-refractivity contribution < 1.29 is 35.1 Å². The van der Waals surface area contributed by atoms with Crippen molar-refractivity contribution in [1.82, 2.24) is 19.4 Å². The number of pyridine rings is 1. The third kappa shape index (κ3) is 19.3. The summed E-state index contributed by atoms with van der Waals surface area (Å²) in [5, 5.41) is 9.45. The monoisotopic (exact) mass is 1050 g/mol. The van der Waals surface area contributed by atoms with Gasteiger partial charge in [-0.2, -0.15) is 0 Å². The van der Waals surface area contributed by atoms with E-state index in [1.165, 1.54) is 25.0 Å². The fraction of sp³-hybridized carbons (Fsp3) is 0.655. The number of piperidine rings is 1. The molecule has 0 spiro atoms. The van der Waals surface area contributed by atoms with E-state index in [1.807, 2.05) is 73.6 Å². The summed E-state index contributed by atoms with van der Waals surface area (Å²) in [6, 6.07) is 9.35. The van der Waals surface area contributed by atoms with Crippen LogP contribution >= 0.6 is 0 Å². The third-order valence-corrected chi connectivity index (χ3v) is 13.5. The topological polar surface area (TPSA) is 115 Å². The molecule has 0 amide bonds. The van der Waals surface area contributed by atoms with Gasteiger partial charge in [0.15, 0.2) is 5.65 Å². The van der Waals surface area contributed by atoms with Crippen LogP contribution in [0.4, 0.5) is 26.3 Å². The fourth-order valence-electron chi connectivity index (χ4n) is 10.2. The maximum Gasteiger partial charge on any atom is 0.267 e. The predicted octanol–water partition coefficient (Wildman–Crippen LogP) is 15.5. The fourth-order valence-corrected chi connectivity index (χ4v) is 10.2. The minimum absolute atomic E-state index is 0.0373. The Balaban J connectivity index is 0.000000635. The number of aromatic nitrogens is 3. The number of nitrogens with one attached hydrogen (secondary N) is 1. The Labute approximate surface area is 436 Å². The smallest absolute Gasteiger partial charge is 0.267 e. The lowest BCUT2D eigenvalue weighted by Crippen LogP contribution is -2.42. The SMILES string of the molecule is CC.CC.CCCC(C)CN1CC(F)C[C@@H](C)C1.CCCC(Cc1cc(F)cc(F)c1)c1nc2nc(C3CCC(F)(F)CC3)cc(C3CC3)c2c(=O)n1-c1ccc(CC)c(C(=N)C(C)C)c1C.CF.CS(=O)[O-]. The van der Waals surface area contributed by atoms with E-state index in [1.54, 1.807) is 4.57 Å². The summed E-state index contributed by atoms with van der Waals surface area (Å²) in [6.07, 6.45) is 8.13. The number of benzene rings is 2. The number of halogens is 6. The van der Waals surface area contributed by atoms with Crippen LogP contribution in [0.2, 0.25) is 0 Å². The van der Waals surface area contributed by atoms with Crippen molar-refractivity contribution >= 4 is 27.8 Å². The highest BCUT2D eigenvalue weighted by molar-refractivity contribution is 7.78. The first-order chi connectivity index (χ1) is 34.7. The number of rotatable bonds is 15. The first-order valence-corrected chi connectivity index (χ1v) is 28.4. The van der Waals surface area contributed by atoms with Gasteiger partial charge in [0.25, 0.3) is 5.56 Å². The molecule has 2 aliphatic carbocycles. The number of hydrogen-bond donors (Lipinski definition) is 1. The lowest BCUT2D eigenvalue weighted by atomic mass is 9.84. The number of fused-ring (bicyclic) bond motifs is 1. The van der Waals surface area contributed by atoms with Crippen LogP contribution in [0.1, 0.15) is 204 Å². The molecule has 73 heavy (non-hydrogen) atoms. The molecular formula is C58H88F6N5O3S-.